The van der Waals surface area contributed by atoms with Crippen LogP contribution < -0.4 is 11.1 Å². The average molecular weight is 527 g/mol. The summed E-state index contributed by atoms with van der Waals surface area (Å²) in [6.07, 6.45) is 7.75. The SMILES string of the molecule is COC1CC(CCC(CC(CC2CCCCC2O)OC(C)=O)OC(C)=O)C(C2CCNC(N)C2)CC1O. The van der Waals surface area contributed by atoms with Crippen LogP contribution >= 0.6 is 0 Å². The molecule has 9 nitrogen and oxygen atoms in total. The Kier molecular flexibility index (Phi) is 12.1. The Hall–Kier alpha value is -1.26. The molecule has 10 unspecified atom stereocenters. The maximum atomic E-state index is 12.0. The molecule has 1 heterocycles. The number of methoxy groups -OCH3 is 1. The van der Waals surface area contributed by atoms with Crippen molar-refractivity contribution in [3.05, 3.63) is 0 Å². The van der Waals surface area contributed by atoms with Gasteiger partial charge in [-0.05, 0) is 88.0 Å². The van der Waals surface area contributed by atoms with Crippen LogP contribution in [0.3, 0.4) is 0 Å². The third-order valence-electron chi connectivity index (χ3n) is 8.96. The highest BCUT2D eigenvalue weighted by Gasteiger charge is 2.41. The number of piperidine rings is 1. The molecular weight excluding hydrogens is 476 g/mol. The highest BCUT2D eigenvalue weighted by atomic mass is 16.6. The minimum atomic E-state index is -0.489. The monoisotopic (exact) mass is 526 g/mol. The number of nitrogens with two attached hydrogens (primary N) is 1. The Balaban J connectivity index is 1.68. The van der Waals surface area contributed by atoms with Gasteiger partial charge in [-0.2, -0.15) is 0 Å². The molecule has 3 aliphatic rings. The number of hydrogen-bond donors (Lipinski definition) is 4. The Morgan fingerprint density at radius 1 is 0.946 bits per heavy atom. The van der Waals surface area contributed by atoms with Crippen LogP contribution in [0.2, 0.25) is 0 Å². The van der Waals surface area contributed by atoms with Gasteiger partial charge in [0.1, 0.15) is 12.2 Å². The largest absolute Gasteiger partial charge is 0.462 e. The zero-order valence-corrected chi connectivity index (χ0v) is 23.0. The van der Waals surface area contributed by atoms with Crippen molar-refractivity contribution >= 4 is 11.9 Å². The lowest BCUT2D eigenvalue weighted by atomic mass is 9.66. The summed E-state index contributed by atoms with van der Waals surface area (Å²) in [7, 11) is 1.65. The first-order valence-electron chi connectivity index (χ1n) is 14.4. The number of carbonyl (C=O) groups is 2. The van der Waals surface area contributed by atoms with E-state index in [0.717, 1.165) is 57.9 Å². The molecule has 0 aromatic rings. The van der Waals surface area contributed by atoms with Crippen molar-refractivity contribution < 1.29 is 34.0 Å². The molecule has 214 valence electrons. The molecule has 0 amide bonds. The molecule has 2 saturated carbocycles. The number of carbonyl (C=O) groups excluding carboxylic acids is 2. The fourth-order valence-electron chi connectivity index (χ4n) is 7.17. The lowest BCUT2D eigenvalue weighted by Gasteiger charge is -2.45. The summed E-state index contributed by atoms with van der Waals surface area (Å²) < 4.78 is 17.0. The summed E-state index contributed by atoms with van der Waals surface area (Å²) >= 11 is 0. The molecule has 1 aliphatic heterocycles. The van der Waals surface area contributed by atoms with Crippen molar-refractivity contribution in [1.82, 2.24) is 5.32 Å². The number of nitrogens with one attached hydrogen (secondary N) is 1. The molecule has 9 heteroatoms. The summed E-state index contributed by atoms with van der Waals surface area (Å²) in [6, 6.07) is 0. The van der Waals surface area contributed by atoms with Gasteiger partial charge in [0.25, 0.3) is 0 Å². The van der Waals surface area contributed by atoms with E-state index in [1.54, 1.807) is 7.11 Å². The van der Waals surface area contributed by atoms with Crippen LogP contribution in [0, 0.1) is 23.7 Å². The molecule has 3 fully saturated rings. The normalized spacial score (nSPS) is 36.4. The van der Waals surface area contributed by atoms with Gasteiger partial charge in [-0.25, -0.2) is 0 Å². The lowest BCUT2D eigenvalue weighted by molar-refractivity contribution is -0.154. The predicted octanol–water partition coefficient (Wildman–Crippen LogP) is 2.65. The van der Waals surface area contributed by atoms with E-state index >= 15 is 0 Å². The van der Waals surface area contributed by atoms with E-state index in [1.807, 2.05) is 0 Å². The highest BCUT2D eigenvalue weighted by Crippen LogP contribution is 2.43. The van der Waals surface area contributed by atoms with Crippen LogP contribution in [0.1, 0.15) is 90.9 Å². The zero-order chi connectivity index (χ0) is 26.9. The van der Waals surface area contributed by atoms with Crippen LogP contribution in [0.5, 0.6) is 0 Å². The molecule has 0 aromatic carbocycles. The summed E-state index contributed by atoms with van der Waals surface area (Å²) in [4.78, 5) is 23.9. The smallest absolute Gasteiger partial charge is 0.302 e. The molecule has 0 bridgehead atoms. The van der Waals surface area contributed by atoms with Gasteiger partial charge in [0.05, 0.1) is 24.5 Å². The zero-order valence-electron chi connectivity index (χ0n) is 23.0. The van der Waals surface area contributed by atoms with Crippen molar-refractivity contribution in [3.63, 3.8) is 0 Å². The molecule has 0 aromatic heterocycles. The topological polar surface area (TPSA) is 140 Å². The number of aliphatic hydroxyl groups is 2. The van der Waals surface area contributed by atoms with Crippen molar-refractivity contribution in [2.45, 2.75) is 128 Å². The molecule has 5 N–H and O–H groups in total. The Morgan fingerprint density at radius 3 is 2.30 bits per heavy atom. The van der Waals surface area contributed by atoms with Crippen molar-refractivity contribution in [2.75, 3.05) is 13.7 Å². The van der Waals surface area contributed by atoms with Gasteiger partial charge in [-0.15, -0.1) is 0 Å². The first-order chi connectivity index (χ1) is 17.7. The summed E-state index contributed by atoms with van der Waals surface area (Å²) in [6.45, 7) is 3.69. The van der Waals surface area contributed by atoms with Crippen molar-refractivity contribution in [3.8, 4) is 0 Å². The van der Waals surface area contributed by atoms with Crippen molar-refractivity contribution in [2.24, 2.45) is 29.4 Å². The second kappa shape index (κ2) is 14.8. The first kappa shape index (κ1) is 30.3. The van der Waals surface area contributed by atoms with Crippen LogP contribution in [0.25, 0.3) is 0 Å². The van der Waals surface area contributed by atoms with Gasteiger partial charge in [0.15, 0.2) is 0 Å². The standard InChI is InChI=1S/C28H50N2O7/c1-17(31)36-22(15-23(37-18(2)32)12-21-6-4-5-7-25(21)33)9-8-19-13-27(35-3)26(34)16-24(19)20-10-11-30-28(29)14-20/h19-28,30,33-34H,4-16,29H2,1-3H3. The van der Waals surface area contributed by atoms with Gasteiger partial charge in [-0.3, -0.25) is 9.59 Å². The second-order valence-electron chi connectivity index (χ2n) is 11.7. The molecule has 0 radical (unpaired) electrons. The van der Waals surface area contributed by atoms with E-state index in [4.69, 9.17) is 19.9 Å². The fourth-order valence-corrected chi connectivity index (χ4v) is 7.17. The number of aliphatic hydroxyl groups excluding tert-OH is 2. The van der Waals surface area contributed by atoms with Gasteiger partial charge < -0.3 is 35.5 Å². The predicted molar refractivity (Wildman–Crippen MR) is 139 cm³/mol. The number of hydrogen-bond acceptors (Lipinski definition) is 9. The third-order valence-corrected chi connectivity index (χ3v) is 8.96. The quantitative estimate of drug-likeness (QED) is 0.299. The van der Waals surface area contributed by atoms with E-state index in [2.05, 4.69) is 5.32 Å². The van der Waals surface area contributed by atoms with Crippen LogP contribution in [-0.2, 0) is 23.8 Å². The Labute approximate surface area is 222 Å². The maximum Gasteiger partial charge on any atom is 0.302 e. The van der Waals surface area contributed by atoms with Gasteiger partial charge in [0.2, 0.25) is 0 Å². The molecule has 37 heavy (non-hydrogen) atoms. The first-order valence-corrected chi connectivity index (χ1v) is 14.4. The van der Waals surface area contributed by atoms with E-state index in [9.17, 15) is 19.8 Å². The summed E-state index contributed by atoms with van der Waals surface area (Å²) in [5, 5.41) is 24.5. The molecule has 3 rings (SSSR count). The molecular formula is C28H50N2O7. The Morgan fingerprint density at radius 2 is 1.65 bits per heavy atom. The molecule has 10 atom stereocenters. The van der Waals surface area contributed by atoms with E-state index < -0.39 is 12.2 Å². The van der Waals surface area contributed by atoms with E-state index in [-0.39, 0.29) is 42.3 Å². The molecule has 0 spiro atoms. The van der Waals surface area contributed by atoms with E-state index in [1.165, 1.54) is 13.8 Å². The van der Waals surface area contributed by atoms with Crippen LogP contribution in [0.15, 0.2) is 0 Å². The number of rotatable bonds is 11. The average Bonchev–Trinajstić information content (AvgIpc) is 2.83. The summed E-state index contributed by atoms with van der Waals surface area (Å²) in [5.74, 6) is 0.458. The number of esters is 2. The van der Waals surface area contributed by atoms with Gasteiger partial charge in [-0.1, -0.05) is 12.8 Å². The molecule has 2 aliphatic carbocycles. The minimum absolute atomic E-state index is 0.0230. The minimum Gasteiger partial charge on any atom is -0.462 e. The Bertz CT molecular complexity index is 723. The van der Waals surface area contributed by atoms with Crippen LogP contribution in [-0.4, -0.2) is 72.5 Å². The van der Waals surface area contributed by atoms with Gasteiger partial charge in [0, 0.05) is 27.4 Å². The van der Waals surface area contributed by atoms with Crippen molar-refractivity contribution in [1.29, 1.82) is 0 Å². The second-order valence-corrected chi connectivity index (χ2v) is 11.7. The number of ether oxygens (including phenoxy) is 3. The third kappa shape index (κ3) is 9.46. The van der Waals surface area contributed by atoms with Crippen LogP contribution in [0.4, 0.5) is 0 Å². The fraction of sp³-hybridized carbons (Fsp3) is 0.929. The maximum absolute atomic E-state index is 12.0. The molecule has 1 saturated heterocycles. The van der Waals surface area contributed by atoms with Gasteiger partial charge >= 0.3 is 11.9 Å². The summed E-state index contributed by atoms with van der Waals surface area (Å²) in [5.41, 5.74) is 6.21. The highest BCUT2D eigenvalue weighted by molar-refractivity contribution is 5.66. The lowest BCUT2D eigenvalue weighted by Crippen LogP contribution is -2.49. The van der Waals surface area contributed by atoms with E-state index in [0.29, 0.717) is 43.4 Å².